The first-order valence-corrected chi connectivity index (χ1v) is 11.7. The van der Waals surface area contributed by atoms with E-state index in [4.69, 9.17) is 11.6 Å². The number of hydrogen-bond acceptors (Lipinski definition) is 4. The lowest BCUT2D eigenvalue weighted by atomic mass is 9.95. The lowest BCUT2D eigenvalue weighted by molar-refractivity contribution is -0.135. The minimum absolute atomic E-state index is 0.00327. The summed E-state index contributed by atoms with van der Waals surface area (Å²) in [6.07, 6.45) is 1.26. The van der Waals surface area contributed by atoms with Gasteiger partial charge in [0.1, 0.15) is 0 Å². The van der Waals surface area contributed by atoms with Crippen LogP contribution in [0.3, 0.4) is 0 Å². The van der Waals surface area contributed by atoms with Gasteiger partial charge in [0.2, 0.25) is 17.7 Å². The van der Waals surface area contributed by atoms with Crippen LogP contribution in [0.4, 0.5) is 11.4 Å². The summed E-state index contributed by atoms with van der Waals surface area (Å²) in [4.78, 5) is 41.4. The van der Waals surface area contributed by atoms with Crippen LogP contribution in [0.15, 0.2) is 48.5 Å². The fourth-order valence-corrected chi connectivity index (χ4v) is 4.02. The summed E-state index contributed by atoms with van der Waals surface area (Å²) >= 11 is 6.02. The van der Waals surface area contributed by atoms with E-state index >= 15 is 0 Å². The van der Waals surface area contributed by atoms with Gasteiger partial charge in [-0.05, 0) is 56.1 Å². The molecular formula is C25H31ClN4O3. The SMILES string of the molecule is CCN(CC(=O)Nc1cc(Cl)ccc1C)CC(=O)N1CCC(C(=O)Nc2ccccc2)CC1. The average molecular weight is 471 g/mol. The Labute approximate surface area is 200 Å². The Bertz CT molecular complexity index is 975. The third-order valence-corrected chi connectivity index (χ3v) is 6.14. The number of carbonyl (C=O) groups excluding carboxylic acids is 3. The van der Waals surface area contributed by atoms with Crippen molar-refractivity contribution in [1.29, 1.82) is 0 Å². The molecule has 0 aromatic heterocycles. The van der Waals surface area contributed by atoms with Crippen LogP contribution >= 0.6 is 11.6 Å². The normalized spacial score (nSPS) is 14.2. The first-order chi connectivity index (χ1) is 15.9. The molecule has 0 spiro atoms. The van der Waals surface area contributed by atoms with Crippen LogP contribution in [0, 0.1) is 12.8 Å². The Balaban J connectivity index is 1.45. The summed E-state index contributed by atoms with van der Waals surface area (Å²) in [5.74, 6) is -0.323. The second-order valence-electron chi connectivity index (χ2n) is 8.32. The predicted molar refractivity (Wildman–Crippen MR) is 131 cm³/mol. The highest BCUT2D eigenvalue weighted by Gasteiger charge is 2.28. The Morgan fingerprint density at radius 1 is 1.03 bits per heavy atom. The van der Waals surface area contributed by atoms with Crippen molar-refractivity contribution in [2.45, 2.75) is 26.7 Å². The zero-order valence-electron chi connectivity index (χ0n) is 19.1. The number of likely N-dealkylation sites (tertiary alicyclic amines) is 1. The predicted octanol–water partition coefficient (Wildman–Crippen LogP) is 3.79. The number of nitrogens with one attached hydrogen (secondary N) is 2. The van der Waals surface area contributed by atoms with Gasteiger partial charge >= 0.3 is 0 Å². The molecule has 7 nitrogen and oxygen atoms in total. The van der Waals surface area contributed by atoms with Crippen molar-refractivity contribution in [3.8, 4) is 0 Å². The zero-order chi connectivity index (χ0) is 23.8. The summed E-state index contributed by atoms with van der Waals surface area (Å²) < 4.78 is 0. The maximum atomic E-state index is 12.8. The minimum atomic E-state index is -0.189. The molecule has 1 fully saturated rings. The quantitative estimate of drug-likeness (QED) is 0.615. The van der Waals surface area contributed by atoms with Crippen LogP contribution in [-0.2, 0) is 14.4 Å². The van der Waals surface area contributed by atoms with Crippen molar-refractivity contribution in [2.24, 2.45) is 5.92 Å². The third kappa shape index (κ3) is 7.30. The fourth-order valence-electron chi connectivity index (χ4n) is 3.85. The largest absolute Gasteiger partial charge is 0.342 e. The average Bonchev–Trinajstić information content (AvgIpc) is 2.81. The monoisotopic (exact) mass is 470 g/mol. The molecule has 1 saturated heterocycles. The van der Waals surface area contributed by atoms with E-state index in [9.17, 15) is 14.4 Å². The van der Waals surface area contributed by atoms with Crippen LogP contribution in [0.2, 0.25) is 5.02 Å². The van der Waals surface area contributed by atoms with Crippen LogP contribution in [-0.4, -0.2) is 60.2 Å². The van der Waals surface area contributed by atoms with E-state index in [2.05, 4.69) is 10.6 Å². The number of likely N-dealkylation sites (N-methyl/N-ethyl adjacent to an activating group) is 1. The van der Waals surface area contributed by atoms with E-state index in [-0.39, 0.29) is 36.7 Å². The molecule has 1 aliphatic heterocycles. The lowest BCUT2D eigenvalue weighted by Crippen LogP contribution is -2.47. The van der Waals surface area contributed by atoms with Gasteiger partial charge < -0.3 is 15.5 Å². The number of benzene rings is 2. The number of piperidine rings is 1. The van der Waals surface area contributed by atoms with Crippen molar-refractivity contribution in [3.63, 3.8) is 0 Å². The van der Waals surface area contributed by atoms with Crippen molar-refractivity contribution >= 4 is 40.7 Å². The first kappa shape index (κ1) is 24.7. The van der Waals surface area contributed by atoms with Gasteiger partial charge in [0.05, 0.1) is 13.1 Å². The summed E-state index contributed by atoms with van der Waals surface area (Å²) in [5.41, 5.74) is 2.38. The number of amides is 3. The number of halogens is 1. The Hall–Kier alpha value is -2.90. The van der Waals surface area contributed by atoms with E-state index in [0.29, 0.717) is 43.2 Å². The Morgan fingerprint density at radius 3 is 2.39 bits per heavy atom. The van der Waals surface area contributed by atoms with Gasteiger partial charge in [-0.1, -0.05) is 42.8 Å². The van der Waals surface area contributed by atoms with Crippen LogP contribution < -0.4 is 10.6 Å². The molecule has 176 valence electrons. The van der Waals surface area contributed by atoms with Crippen molar-refractivity contribution in [3.05, 3.63) is 59.1 Å². The van der Waals surface area contributed by atoms with Crippen LogP contribution in [0.1, 0.15) is 25.3 Å². The minimum Gasteiger partial charge on any atom is -0.342 e. The smallest absolute Gasteiger partial charge is 0.238 e. The van der Waals surface area contributed by atoms with Crippen molar-refractivity contribution < 1.29 is 14.4 Å². The van der Waals surface area contributed by atoms with E-state index < -0.39 is 0 Å². The number of rotatable bonds is 8. The van der Waals surface area contributed by atoms with Gasteiger partial charge in [0, 0.05) is 35.4 Å². The first-order valence-electron chi connectivity index (χ1n) is 11.3. The molecule has 8 heteroatoms. The maximum absolute atomic E-state index is 12.8. The number of para-hydroxylation sites is 1. The molecule has 0 saturated carbocycles. The van der Waals surface area contributed by atoms with Gasteiger partial charge in [-0.15, -0.1) is 0 Å². The summed E-state index contributed by atoms with van der Waals surface area (Å²) in [6.45, 7) is 5.75. The molecule has 2 N–H and O–H groups in total. The van der Waals surface area contributed by atoms with Gasteiger partial charge in [-0.25, -0.2) is 0 Å². The van der Waals surface area contributed by atoms with E-state index in [1.165, 1.54) is 0 Å². The highest BCUT2D eigenvalue weighted by molar-refractivity contribution is 6.31. The topological polar surface area (TPSA) is 81.8 Å². The molecular weight excluding hydrogens is 440 g/mol. The molecule has 3 amide bonds. The molecule has 0 aliphatic carbocycles. The molecule has 3 rings (SSSR count). The molecule has 0 atom stereocenters. The molecule has 0 unspecified atom stereocenters. The Kier molecular flexibility index (Phi) is 8.86. The fraction of sp³-hybridized carbons (Fsp3) is 0.400. The van der Waals surface area contributed by atoms with E-state index in [0.717, 1.165) is 11.3 Å². The number of nitrogens with zero attached hydrogens (tertiary/aromatic N) is 2. The van der Waals surface area contributed by atoms with Crippen molar-refractivity contribution in [1.82, 2.24) is 9.80 Å². The standard InChI is InChI=1S/C25H31ClN4O3/c1-3-29(16-23(31)28-22-15-20(26)10-9-18(22)2)17-24(32)30-13-11-19(12-14-30)25(33)27-21-7-5-4-6-8-21/h4-10,15,19H,3,11-14,16-17H2,1-2H3,(H,27,33)(H,28,31). The molecule has 2 aromatic rings. The van der Waals surface area contributed by atoms with Crippen molar-refractivity contribution in [2.75, 3.05) is 43.4 Å². The van der Waals surface area contributed by atoms with Gasteiger partial charge in [0.25, 0.3) is 0 Å². The molecule has 1 aliphatic rings. The lowest BCUT2D eigenvalue weighted by Gasteiger charge is -2.33. The summed E-state index contributed by atoms with van der Waals surface area (Å²) in [5, 5.41) is 6.37. The molecule has 0 bridgehead atoms. The molecule has 1 heterocycles. The number of carbonyl (C=O) groups is 3. The van der Waals surface area contributed by atoms with Gasteiger partial charge in [-0.2, -0.15) is 0 Å². The summed E-state index contributed by atoms with van der Waals surface area (Å²) in [6, 6.07) is 14.7. The van der Waals surface area contributed by atoms with E-state index in [1.54, 1.807) is 17.0 Å². The maximum Gasteiger partial charge on any atom is 0.238 e. The number of aryl methyl sites for hydroxylation is 1. The molecule has 2 aromatic carbocycles. The summed E-state index contributed by atoms with van der Waals surface area (Å²) in [7, 11) is 0. The zero-order valence-corrected chi connectivity index (χ0v) is 19.9. The second-order valence-corrected chi connectivity index (χ2v) is 8.76. The van der Waals surface area contributed by atoms with Gasteiger partial charge in [0.15, 0.2) is 0 Å². The highest BCUT2D eigenvalue weighted by Crippen LogP contribution is 2.21. The second kappa shape index (κ2) is 11.8. The molecule has 0 radical (unpaired) electrons. The van der Waals surface area contributed by atoms with Gasteiger partial charge in [-0.3, -0.25) is 19.3 Å². The third-order valence-electron chi connectivity index (χ3n) is 5.91. The van der Waals surface area contributed by atoms with E-state index in [1.807, 2.05) is 55.1 Å². The molecule has 33 heavy (non-hydrogen) atoms. The van der Waals surface area contributed by atoms with Crippen LogP contribution in [0.5, 0.6) is 0 Å². The number of hydrogen-bond donors (Lipinski definition) is 2. The Morgan fingerprint density at radius 2 is 1.73 bits per heavy atom. The highest BCUT2D eigenvalue weighted by atomic mass is 35.5. The number of anilines is 2. The van der Waals surface area contributed by atoms with Crippen LogP contribution in [0.25, 0.3) is 0 Å².